The molecule has 1 aliphatic heterocycles. The molecule has 0 bridgehead atoms. The molecular formula is C27H27N3O5. The smallest absolute Gasteiger partial charge is 0.235 e. The van der Waals surface area contributed by atoms with Gasteiger partial charge < -0.3 is 23.9 Å². The van der Waals surface area contributed by atoms with Crippen molar-refractivity contribution >= 4 is 16.8 Å². The van der Waals surface area contributed by atoms with Gasteiger partial charge in [-0.25, -0.2) is 4.98 Å². The quantitative estimate of drug-likeness (QED) is 0.443. The summed E-state index contributed by atoms with van der Waals surface area (Å²) < 4.78 is 17.2. The van der Waals surface area contributed by atoms with E-state index in [1.807, 2.05) is 18.2 Å². The molecule has 1 saturated heterocycles. The Kier molecular flexibility index (Phi) is 6.29. The summed E-state index contributed by atoms with van der Waals surface area (Å²) in [6, 6.07) is 16.1. The van der Waals surface area contributed by atoms with E-state index in [-0.39, 0.29) is 16.9 Å². The fraction of sp³-hybridized carbons (Fsp3) is 0.259. The maximum atomic E-state index is 13.3. The summed E-state index contributed by atoms with van der Waals surface area (Å²) in [5.41, 5.74) is 0.701. The number of piperazine rings is 1. The highest BCUT2D eigenvalue weighted by molar-refractivity contribution is 5.83. The molecule has 8 heteroatoms. The Morgan fingerprint density at radius 2 is 1.83 bits per heavy atom. The van der Waals surface area contributed by atoms with Crippen molar-refractivity contribution in [3.05, 3.63) is 82.3 Å². The second kappa shape index (κ2) is 9.68. The maximum absolute atomic E-state index is 13.3. The molecule has 1 N–H and O–H groups in total. The van der Waals surface area contributed by atoms with E-state index in [0.717, 1.165) is 32.0 Å². The number of pyridine rings is 1. The molecule has 35 heavy (non-hydrogen) atoms. The van der Waals surface area contributed by atoms with Crippen LogP contribution in [0, 0.1) is 6.92 Å². The summed E-state index contributed by atoms with van der Waals surface area (Å²) in [5.74, 6) is 2.63. The first kappa shape index (κ1) is 22.7. The lowest BCUT2D eigenvalue weighted by Crippen LogP contribution is -2.46. The fourth-order valence-corrected chi connectivity index (χ4v) is 4.35. The monoisotopic (exact) mass is 473 g/mol. The maximum Gasteiger partial charge on any atom is 0.235 e. The number of rotatable bonds is 6. The minimum Gasteiger partial charge on any atom is -0.507 e. The van der Waals surface area contributed by atoms with Crippen molar-refractivity contribution in [3.8, 4) is 23.0 Å². The van der Waals surface area contributed by atoms with Gasteiger partial charge in [0, 0.05) is 45.0 Å². The number of nitrogens with zero attached hydrogens (tertiary/aromatic N) is 3. The predicted octanol–water partition coefficient (Wildman–Crippen LogP) is 4.33. The van der Waals surface area contributed by atoms with Crippen LogP contribution in [0.2, 0.25) is 0 Å². The molecule has 0 radical (unpaired) electrons. The average molecular weight is 474 g/mol. The van der Waals surface area contributed by atoms with Crippen molar-refractivity contribution in [3.63, 3.8) is 0 Å². The van der Waals surface area contributed by atoms with Crippen molar-refractivity contribution in [2.24, 2.45) is 0 Å². The van der Waals surface area contributed by atoms with Gasteiger partial charge in [-0.1, -0.05) is 12.1 Å². The summed E-state index contributed by atoms with van der Waals surface area (Å²) in [5, 5.41) is 11.0. The van der Waals surface area contributed by atoms with Crippen LogP contribution in [0.3, 0.4) is 0 Å². The van der Waals surface area contributed by atoms with Crippen LogP contribution < -0.4 is 19.8 Å². The van der Waals surface area contributed by atoms with Gasteiger partial charge in [0.25, 0.3) is 0 Å². The Morgan fingerprint density at radius 1 is 1.03 bits per heavy atom. The van der Waals surface area contributed by atoms with E-state index in [1.165, 1.54) is 0 Å². The van der Waals surface area contributed by atoms with Gasteiger partial charge in [-0.15, -0.1) is 0 Å². The number of phenols is 1. The van der Waals surface area contributed by atoms with E-state index in [1.54, 1.807) is 56.6 Å². The van der Waals surface area contributed by atoms with E-state index in [0.29, 0.717) is 40.3 Å². The average Bonchev–Trinajstić information content (AvgIpc) is 2.89. The first-order valence-corrected chi connectivity index (χ1v) is 11.5. The Hall–Kier alpha value is -4.04. The molecule has 1 fully saturated rings. The highest BCUT2D eigenvalue weighted by Crippen LogP contribution is 2.32. The first-order chi connectivity index (χ1) is 17.0. The SMILES string of the molecule is COc1cccc(Oc2c(C)oc3c(CN4CCN(c5ccccn5)CC4)c(O)ccc3c2=O)c1. The second-order valence-electron chi connectivity index (χ2n) is 8.49. The number of aromatic hydroxyl groups is 1. The van der Waals surface area contributed by atoms with Crippen molar-refractivity contribution < 1.29 is 19.0 Å². The molecule has 0 atom stereocenters. The predicted molar refractivity (Wildman–Crippen MR) is 134 cm³/mol. The van der Waals surface area contributed by atoms with Crippen LogP contribution in [0.1, 0.15) is 11.3 Å². The number of phenolic OH excluding ortho intramolecular Hbond substituents is 1. The lowest BCUT2D eigenvalue weighted by Gasteiger charge is -2.35. The van der Waals surface area contributed by atoms with Gasteiger partial charge in [0.1, 0.15) is 34.4 Å². The summed E-state index contributed by atoms with van der Waals surface area (Å²) >= 11 is 0. The van der Waals surface area contributed by atoms with Gasteiger partial charge in [0.15, 0.2) is 0 Å². The molecule has 4 aromatic rings. The molecule has 0 amide bonds. The van der Waals surface area contributed by atoms with E-state index in [2.05, 4.69) is 14.8 Å². The molecule has 8 nitrogen and oxygen atoms in total. The first-order valence-electron chi connectivity index (χ1n) is 11.5. The van der Waals surface area contributed by atoms with Crippen LogP contribution in [-0.2, 0) is 6.54 Å². The minimum atomic E-state index is -0.284. The normalized spacial score (nSPS) is 14.3. The summed E-state index contributed by atoms with van der Waals surface area (Å²) in [6.07, 6.45) is 1.80. The Bertz CT molecular complexity index is 1400. The number of benzene rings is 2. The highest BCUT2D eigenvalue weighted by Gasteiger charge is 2.23. The molecule has 3 heterocycles. The van der Waals surface area contributed by atoms with Gasteiger partial charge in [0.2, 0.25) is 11.2 Å². The van der Waals surface area contributed by atoms with E-state index < -0.39 is 0 Å². The summed E-state index contributed by atoms with van der Waals surface area (Å²) in [6.45, 7) is 5.40. The van der Waals surface area contributed by atoms with Crippen molar-refractivity contribution in [2.45, 2.75) is 13.5 Å². The van der Waals surface area contributed by atoms with Crippen molar-refractivity contribution in [1.29, 1.82) is 0 Å². The number of aromatic nitrogens is 1. The third kappa shape index (κ3) is 4.65. The zero-order chi connectivity index (χ0) is 24.4. The molecule has 0 unspecified atom stereocenters. The Labute approximate surface area is 203 Å². The van der Waals surface area contributed by atoms with Crippen LogP contribution in [0.4, 0.5) is 5.82 Å². The van der Waals surface area contributed by atoms with Gasteiger partial charge >= 0.3 is 0 Å². The number of ether oxygens (including phenoxy) is 2. The number of methoxy groups -OCH3 is 1. The molecule has 5 rings (SSSR count). The van der Waals surface area contributed by atoms with Gasteiger partial charge in [0.05, 0.1) is 18.1 Å². The van der Waals surface area contributed by atoms with Crippen molar-refractivity contribution in [1.82, 2.24) is 9.88 Å². The number of hydrogen-bond acceptors (Lipinski definition) is 8. The molecular weight excluding hydrogens is 446 g/mol. The standard InChI is InChI=1S/C27H27N3O5/c1-18-26(35-20-7-5-6-19(16-20)33-2)25(32)21-9-10-23(31)22(27(21)34-18)17-29-12-14-30(15-13-29)24-8-3-4-11-28-24/h3-11,16,31H,12-15,17H2,1-2H3. The Balaban J connectivity index is 1.40. The van der Waals surface area contributed by atoms with Crippen LogP contribution in [-0.4, -0.2) is 48.3 Å². The lowest BCUT2D eigenvalue weighted by atomic mass is 10.1. The molecule has 1 aliphatic rings. The van der Waals surface area contributed by atoms with Crippen LogP contribution in [0.15, 0.2) is 70.0 Å². The van der Waals surface area contributed by atoms with E-state index in [9.17, 15) is 9.90 Å². The summed E-state index contributed by atoms with van der Waals surface area (Å²) in [7, 11) is 1.57. The van der Waals surface area contributed by atoms with Gasteiger partial charge in [-0.05, 0) is 43.3 Å². The highest BCUT2D eigenvalue weighted by atomic mass is 16.5. The van der Waals surface area contributed by atoms with Crippen LogP contribution in [0.5, 0.6) is 23.0 Å². The number of fused-ring (bicyclic) bond motifs is 1. The molecule has 180 valence electrons. The second-order valence-corrected chi connectivity index (χ2v) is 8.49. The van der Waals surface area contributed by atoms with Crippen LogP contribution >= 0.6 is 0 Å². The Morgan fingerprint density at radius 3 is 2.57 bits per heavy atom. The zero-order valence-corrected chi connectivity index (χ0v) is 19.7. The largest absolute Gasteiger partial charge is 0.507 e. The third-order valence-corrected chi connectivity index (χ3v) is 6.25. The molecule has 2 aromatic carbocycles. The number of anilines is 1. The molecule has 0 saturated carbocycles. The van der Waals surface area contributed by atoms with E-state index >= 15 is 0 Å². The van der Waals surface area contributed by atoms with Crippen molar-refractivity contribution in [2.75, 3.05) is 38.2 Å². The number of aryl methyl sites for hydroxylation is 1. The number of hydrogen-bond donors (Lipinski definition) is 1. The zero-order valence-electron chi connectivity index (χ0n) is 19.7. The van der Waals surface area contributed by atoms with Gasteiger partial charge in [-0.3, -0.25) is 9.69 Å². The van der Waals surface area contributed by atoms with E-state index in [4.69, 9.17) is 13.9 Å². The summed E-state index contributed by atoms with van der Waals surface area (Å²) in [4.78, 5) is 22.3. The van der Waals surface area contributed by atoms with Gasteiger partial charge in [-0.2, -0.15) is 0 Å². The fourth-order valence-electron chi connectivity index (χ4n) is 4.35. The third-order valence-electron chi connectivity index (χ3n) is 6.25. The topological polar surface area (TPSA) is 88.3 Å². The lowest BCUT2D eigenvalue weighted by molar-refractivity contribution is 0.246. The molecule has 0 aliphatic carbocycles. The minimum absolute atomic E-state index is 0.105. The van der Waals surface area contributed by atoms with Crippen LogP contribution in [0.25, 0.3) is 11.0 Å². The molecule has 0 spiro atoms. The molecule has 2 aromatic heterocycles.